The van der Waals surface area contributed by atoms with Crippen molar-refractivity contribution in [2.45, 2.75) is 51.6 Å². The van der Waals surface area contributed by atoms with Gasteiger partial charge >= 0.3 is 0 Å². The minimum Gasteiger partial charge on any atom is -0.490 e. The van der Waals surface area contributed by atoms with E-state index < -0.39 is 5.66 Å². The van der Waals surface area contributed by atoms with Crippen LogP contribution in [0.3, 0.4) is 0 Å². The van der Waals surface area contributed by atoms with Crippen LogP contribution in [-0.2, 0) is 10.2 Å². The molecule has 1 atom stereocenters. The lowest BCUT2D eigenvalue weighted by Gasteiger charge is -2.40. The second-order valence-electron chi connectivity index (χ2n) is 8.72. The SMILES string of the molecule is CCCCOc1ccc(C=C[C@@]23NC(=O)CN2c2ccccc2C3(C)C)cc1OCC. The van der Waals surface area contributed by atoms with E-state index in [0.717, 1.165) is 35.6 Å². The van der Waals surface area contributed by atoms with E-state index >= 15 is 0 Å². The van der Waals surface area contributed by atoms with Crippen molar-refractivity contribution >= 4 is 17.7 Å². The van der Waals surface area contributed by atoms with E-state index in [1.165, 1.54) is 5.56 Å². The monoisotopic (exact) mass is 420 g/mol. The predicted octanol–water partition coefficient (Wildman–Crippen LogP) is 4.90. The lowest BCUT2D eigenvalue weighted by atomic mass is 9.75. The fourth-order valence-corrected chi connectivity index (χ4v) is 4.70. The summed E-state index contributed by atoms with van der Waals surface area (Å²) in [5, 5.41) is 3.27. The number of hydrogen-bond acceptors (Lipinski definition) is 4. The van der Waals surface area contributed by atoms with E-state index in [4.69, 9.17) is 9.47 Å². The summed E-state index contributed by atoms with van der Waals surface area (Å²) < 4.78 is 11.7. The maximum Gasteiger partial charge on any atom is 0.241 e. The molecule has 0 spiro atoms. The summed E-state index contributed by atoms with van der Waals surface area (Å²) in [6.45, 7) is 10.1. The number of hydrogen-bond donors (Lipinski definition) is 1. The van der Waals surface area contributed by atoms with E-state index in [1.807, 2.05) is 31.2 Å². The number of benzene rings is 2. The third-order valence-corrected chi connectivity index (χ3v) is 6.42. The van der Waals surface area contributed by atoms with Gasteiger partial charge in [-0.15, -0.1) is 0 Å². The zero-order valence-electron chi connectivity index (χ0n) is 18.9. The summed E-state index contributed by atoms with van der Waals surface area (Å²) in [5.41, 5.74) is 2.49. The first-order valence-corrected chi connectivity index (χ1v) is 11.2. The summed E-state index contributed by atoms with van der Waals surface area (Å²) in [6.07, 6.45) is 6.30. The van der Waals surface area contributed by atoms with Gasteiger partial charge in [-0.2, -0.15) is 0 Å². The smallest absolute Gasteiger partial charge is 0.241 e. The molecule has 1 saturated heterocycles. The summed E-state index contributed by atoms with van der Waals surface area (Å²) in [7, 11) is 0. The largest absolute Gasteiger partial charge is 0.490 e. The van der Waals surface area contributed by atoms with Crippen molar-refractivity contribution in [1.29, 1.82) is 0 Å². The summed E-state index contributed by atoms with van der Waals surface area (Å²) in [4.78, 5) is 14.6. The highest BCUT2D eigenvalue weighted by Gasteiger charge is 2.59. The topological polar surface area (TPSA) is 50.8 Å². The second kappa shape index (κ2) is 8.29. The molecule has 0 aliphatic carbocycles. The Balaban J connectivity index is 1.67. The fraction of sp³-hybridized carbons (Fsp3) is 0.423. The van der Waals surface area contributed by atoms with Gasteiger partial charge in [0.15, 0.2) is 11.5 Å². The van der Waals surface area contributed by atoms with Crippen LogP contribution in [0.1, 0.15) is 51.7 Å². The van der Waals surface area contributed by atoms with E-state index in [0.29, 0.717) is 19.8 Å². The van der Waals surface area contributed by atoms with Crippen molar-refractivity contribution in [3.8, 4) is 11.5 Å². The predicted molar refractivity (Wildman–Crippen MR) is 125 cm³/mol. The van der Waals surface area contributed by atoms with E-state index in [1.54, 1.807) is 0 Å². The highest BCUT2D eigenvalue weighted by atomic mass is 16.5. The number of carbonyl (C=O) groups excluding carboxylic acids is 1. The molecule has 2 aliphatic rings. The van der Waals surface area contributed by atoms with Gasteiger partial charge in [0, 0.05) is 11.1 Å². The number of nitrogens with one attached hydrogen (secondary N) is 1. The maximum absolute atomic E-state index is 12.5. The quantitative estimate of drug-likeness (QED) is 0.617. The number of fused-ring (bicyclic) bond motifs is 3. The zero-order valence-corrected chi connectivity index (χ0v) is 18.9. The molecule has 0 bridgehead atoms. The first kappa shape index (κ1) is 21.3. The van der Waals surface area contributed by atoms with Gasteiger partial charge in [-0.05, 0) is 48.7 Å². The van der Waals surface area contributed by atoms with Gasteiger partial charge < -0.3 is 19.7 Å². The number of amides is 1. The van der Waals surface area contributed by atoms with Crippen molar-refractivity contribution in [2.75, 3.05) is 24.7 Å². The number of anilines is 1. The Hall–Kier alpha value is -2.95. The minimum atomic E-state index is -0.601. The number of rotatable bonds is 8. The summed E-state index contributed by atoms with van der Waals surface area (Å²) in [5.74, 6) is 1.57. The Morgan fingerprint density at radius 2 is 1.90 bits per heavy atom. The van der Waals surface area contributed by atoms with E-state index in [2.05, 4.69) is 61.3 Å². The van der Waals surface area contributed by atoms with Crippen molar-refractivity contribution in [2.24, 2.45) is 0 Å². The van der Waals surface area contributed by atoms with Crippen molar-refractivity contribution in [3.63, 3.8) is 0 Å². The Morgan fingerprint density at radius 1 is 1.10 bits per heavy atom. The van der Waals surface area contributed by atoms with Gasteiger partial charge in [-0.1, -0.05) is 57.5 Å². The molecule has 1 N–H and O–H groups in total. The zero-order chi connectivity index (χ0) is 22.1. The molecule has 4 rings (SSSR count). The number of nitrogens with zero attached hydrogens (tertiary/aromatic N) is 1. The number of para-hydroxylation sites is 1. The molecule has 164 valence electrons. The minimum absolute atomic E-state index is 0.0434. The maximum atomic E-state index is 12.5. The lowest BCUT2D eigenvalue weighted by Crippen LogP contribution is -2.58. The average Bonchev–Trinajstić information content (AvgIpc) is 3.19. The summed E-state index contributed by atoms with van der Waals surface area (Å²) >= 11 is 0. The van der Waals surface area contributed by atoms with Crippen molar-refractivity contribution in [1.82, 2.24) is 5.32 Å². The molecule has 0 unspecified atom stereocenters. The van der Waals surface area contributed by atoms with Crippen LogP contribution in [0.15, 0.2) is 48.5 Å². The third-order valence-electron chi connectivity index (χ3n) is 6.42. The molecule has 0 radical (unpaired) electrons. The van der Waals surface area contributed by atoms with Crippen LogP contribution in [0.5, 0.6) is 11.5 Å². The Kier molecular flexibility index (Phi) is 5.69. The van der Waals surface area contributed by atoms with Crippen molar-refractivity contribution in [3.05, 3.63) is 59.7 Å². The van der Waals surface area contributed by atoms with Gasteiger partial charge in [-0.25, -0.2) is 0 Å². The first-order valence-electron chi connectivity index (χ1n) is 11.2. The van der Waals surface area contributed by atoms with Crippen molar-refractivity contribution < 1.29 is 14.3 Å². The lowest BCUT2D eigenvalue weighted by molar-refractivity contribution is -0.118. The first-order chi connectivity index (χ1) is 14.9. The Morgan fingerprint density at radius 3 is 2.68 bits per heavy atom. The molecule has 2 aliphatic heterocycles. The Bertz CT molecular complexity index is 998. The van der Waals surface area contributed by atoms with Gasteiger partial charge in [-0.3, -0.25) is 4.79 Å². The molecule has 5 nitrogen and oxygen atoms in total. The molecule has 0 saturated carbocycles. The van der Waals surface area contributed by atoms with Crippen LogP contribution >= 0.6 is 0 Å². The van der Waals surface area contributed by atoms with Gasteiger partial charge in [0.25, 0.3) is 0 Å². The number of carbonyl (C=O) groups is 1. The second-order valence-corrected chi connectivity index (χ2v) is 8.72. The summed E-state index contributed by atoms with van der Waals surface area (Å²) in [6, 6.07) is 14.4. The average molecular weight is 421 g/mol. The normalized spacial score (nSPS) is 21.2. The number of unbranched alkanes of at least 4 members (excludes halogenated alkanes) is 1. The van der Waals surface area contributed by atoms with Crippen LogP contribution in [-0.4, -0.2) is 31.3 Å². The molecule has 2 aromatic carbocycles. The molecule has 5 heteroatoms. The Labute approximate surface area is 185 Å². The highest BCUT2D eigenvalue weighted by Crippen LogP contribution is 2.52. The number of ether oxygens (including phenoxy) is 2. The highest BCUT2D eigenvalue weighted by molar-refractivity contribution is 5.91. The van der Waals surface area contributed by atoms with Gasteiger partial charge in [0.1, 0.15) is 5.66 Å². The molecular formula is C26H32N2O3. The van der Waals surface area contributed by atoms with E-state index in [9.17, 15) is 4.79 Å². The van der Waals surface area contributed by atoms with Gasteiger partial charge in [0.2, 0.25) is 5.91 Å². The third kappa shape index (κ3) is 3.56. The van der Waals surface area contributed by atoms with Crippen LogP contribution in [0, 0.1) is 0 Å². The van der Waals surface area contributed by atoms with Crippen LogP contribution < -0.4 is 19.7 Å². The van der Waals surface area contributed by atoms with Gasteiger partial charge in [0.05, 0.1) is 19.8 Å². The van der Waals surface area contributed by atoms with Crippen LogP contribution in [0.4, 0.5) is 5.69 Å². The molecule has 1 fully saturated rings. The standard InChI is InChI=1S/C26H32N2O3/c1-5-7-16-31-22-13-12-19(17-23(22)30-6-2)14-15-26-25(3,4)20-10-8-9-11-21(20)28(26)18-24(29)27-26/h8-15,17H,5-7,16,18H2,1-4H3,(H,27,29)/t26-/m1/s1. The molecule has 0 aromatic heterocycles. The van der Waals surface area contributed by atoms with Crippen LogP contribution in [0.2, 0.25) is 0 Å². The molecule has 31 heavy (non-hydrogen) atoms. The van der Waals surface area contributed by atoms with E-state index in [-0.39, 0.29) is 11.3 Å². The molecule has 1 amide bonds. The molecular weight excluding hydrogens is 388 g/mol. The molecule has 2 heterocycles. The fourth-order valence-electron chi connectivity index (χ4n) is 4.70. The van der Waals surface area contributed by atoms with Crippen LogP contribution in [0.25, 0.3) is 6.08 Å². The molecule has 2 aromatic rings.